The molecule has 1 aliphatic heterocycles. The van der Waals surface area contributed by atoms with Crippen LogP contribution in [0.1, 0.15) is 34.7 Å². The summed E-state index contributed by atoms with van der Waals surface area (Å²) in [6.07, 6.45) is 0.980. The summed E-state index contributed by atoms with van der Waals surface area (Å²) in [6, 6.07) is 15.7. The van der Waals surface area contributed by atoms with E-state index in [1.807, 2.05) is 30.3 Å². The van der Waals surface area contributed by atoms with Crippen molar-refractivity contribution < 1.29 is 17.9 Å². The van der Waals surface area contributed by atoms with Gasteiger partial charge in [0.05, 0.1) is 18.1 Å². The Hall–Kier alpha value is -2.89. The lowest BCUT2D eigenvalue weighted by Crippen LogP contribution is -2.28. The summed E-state index contributed by atoms with van der Waals surface area (Å²) in [5, 5.41) is 8.52. The fourth-order valence-electron chi connectivity index (χ4n) is 3.38. The molecular weight excluding hydrogens is 390 g/mol. The van der Waals surface area contributed by atoms with E-state index >= 15 is 0 Å². The quantitative estimate of drug-likeness (QED) is 0.703. The average Bonchev–Trinajstić information content (AvgIpc) is 3.24. The van der Waals surface area contributed by atoms with Crippen molar-refractivity contribution >= 4 is 15.9 Å². The Kier molecular flexibility index (Phi) is 6.52. The zero-order valence-electron chi connectivity index (χ0n) is 16.2. The number of carbonyl (C=O) groups is 1. The fourth-order valence-corrected chi connectivity index (χ4v) is 4.41. The van der Waals surface area contributed by atoms with Crippen LogP contribution in [0.15, 0.2) is 53.4 Å². The number of nitriles is 1. The zero-order valence-corrected chi connectivity index (χ0v) is 17.0. The van der Waals surface area contributed by atoms with Crippen LogP contribution in [0.25, 0.3) is 0 Å². The summed E-state index contributed by atoms with van der Waals surface area (Å²) in [7, 11) is -2.05. The molecule has 2 aromatic carbocycles. The van der Waals surface area contributed by atoms with E-state index in [0.29, 0.717) is 18.7 Å². The Morgan fingerprint density at radius 3 is 2.52 bits per heavy atom. The first-order valence-electron chi connectivity index (χ1n) is 9.34. The van der Waals surface area contributed by atoms with Crippen molar-refractivity contribution in [2.24, 2.45) is 0 Å². The molecule has 3 rings (SSSR count). The van der Waals surface area contributed by atoms with Gasteiger partial charge in [-0.15, -0.1) is 0 Å². The van der Waals surface area contributed by atoms with Crippen molar-refractivity contribution in [1.82, 2.24) is 9.62 Å². The number of likely N-dealkylation sites (tertiary alicyclic amines) is 1. The van der Waals surface area contributed by atoms with Crippen molar-refractivity contribution in [2.75, 3.05) is 26.7 Å². The second-order valence-electron chi connectivity index (χ2n) is 6.84. The highest BCUT2D eigenvalue weighted by Gasteiger charge is 2.28. The molecule has 1 saturated heterocycles. The average molecular weight is 413 g/mol. The van der Waals surface area contributed by atoms with E-state index in [1.165, 1.54) is 29.8 Å². The monoisotopic (exact) mass is 413 g/mol. The first-order chi connectivity index (χ1) is 13.9. The molecule has 0 bridgehead atoms. The van der Waals surface area contributed by atoms with Gasteiger partial charge in [-0.2, -0.15) is 5.26 Å². The maximum atomic E-state index is 12.8. The molecule has 152 valence electrons. The summed E-state index contributed by atoms with van der Waals surface area (Å²) >= 11 is 0. The summed E-state index contributed by atoms with van der Waals surface area (Å²) in [5.74, 6) is 0.966. The van der Waals surface area contributed by atoms with Crippen molar-refractivity contribution in [3.05, 3.63) is 59.7 Å². The lowest BCUT2D eigenvalue weighted by Gasteiger charge is -2.17. The maximum absolute atomic E-state index is 12.8. The van der Waals surface area contributed by atoms with Gasteiger partial charge in [-0.25, -0.2) is 13.1 Å². The maximum Gasteiger partial charge on any atom is 0.253 e. The number of rotatable bonds is 7. The number of sulfonamides is 1. The lowest BCUT2D eigenvalue weighted by atomic mass is 9.98. The number of hydrogen-bond donors (Lipinski definition) is 1. The minimum atomic E-state index is -3.68. The van der Waals surface area contributed by atoms with Crippen LogP contribution < -0.4 is 9.46 Å². The van der Waals surface area contributed by atoms with Crippen molar-refractivity contribution in [1.29, 1.82) is 5.26 Å². The van der Waals surface area contributed by atoms with Gasteiger partial charge in [0.1, 0.15) is 5.75 Å². The van der Waals surface area contributed by atoms with Gasteiger partial charge in [0, 0.05) is 37.5 Å². The number of methoxy groups -OCH3 is 1. The van der Waals surface area contributed by atoms with Crippen LogP contribution in [0.2, 0.25) is 0 Å². The molecule has 0 saturated carbocycles. The van der Waals surface area contributed by atoms with Crippen LogP contribution in [-0.2, 0) is 10.0 Å². The Labute approximate surface area is 171 Å². The number of hydrogen-bond acceptors (Lipinski definition) is 5. The molecule has 1 aliphatic rings. The molecule has 0 radical (unpaired) electrons. The van der Waals surface area contributed by atoms with E-state index in [4.69, 9.17) is 10.00 Å². The zero-order chi connectivity index (χ0) is 20.9. The van der Waals surface area contributed by atoms with E-state index in [9.17, 15) is 13.2 Å². The third-order valence-corrected chi connectivity index (χ3v) is 6.48. The van der Waals surface area contributed by atoms with Gasteiger partial charge in [0.15, 0.2) is 0 Å². The Bertz CT molecular complexity index is 996. The third kappa shape index (κ3) is 4.94. The predicted molar refractivity (Wildman–Crippen MR) is 108 cm³/mol. The normalized spacial score (nSPS) is 16.4. The molecule has 1 atom stereocenters. The number of amides is 1. The molecule has 0 spiro atoms. The first-order valence-corrected chi connectivity index (χ1v) is 10.8. The predicted octanol–water partition coefficient (Wildman–Crippen LogP) is 2.52. The number of benzene rings is 2. The minimum Gasteiger partial charge on any atom is -0.497 e. The summed E-state index contributed by atoms with van der Waals surface area (Å²) in [6.45, 7) is 1.34. The van der Waals surface area contributed by atoms with Gasteiger partial charge < -0.3 is 9.64 Å². The van der Waals surface area contributed by atoms with Crippen LogP contribution in [0.5, 0.6) is 5.75 Å². The molecule has 0 aromatic heterocycles. The highest BCUT2D eigenvalue weighted by molar-refractivity contribution is 7.89. The van der Waals surface area contributed by atoms with E-state index in [-0.39, 0.29) is 29.7 Å². The van der Waals surface area contributed by atoms with Crippen LogP contribution in [0, 0.1) is 11.3 Å². The lowest BCUT2D eigenvalue weighted by molar-refractivity contribution is 0.0790. The van der Waals surface area contributed by atoms with Crippen molar-refractivity contribution in [2.45, 2.75) is 23.7 Å². The third-order valence-electron chi connectivity index (χ3n) is 5.00. The van der Waals surface area contributed by atoms with Crippen molar-refractivity contribution in [3.63, 3.8) is 0 Å². The molecule has 1 amide bonds. The first kappa shape index (κ1) is 20.8. The molecule has 7 nitrogen and oxygen atoms in total. The van der Waals surface area contributed by atoms with Gasteiger partial charge in [-0.1, -0.05) is 12.1 Å². The van der Waals surface area contributed by atoms with Crippen molar-refractivity contribution in [3.8, 4) is 11.8 Å². The second-order valence-corrected chi connectivity index (χ2v) is 8.61. The van der Waals surface area contributed by atoms with Crippen LogP contribution >= 0.6 is 0 Å². The molecule has 0 aliphatic carbocycles. The SMILES string of the molecule is COc1ccc(C2CCN(C(=O)c3ccc(S(=O)(=O)NCCC#N)cc3)C2)cc1. The van der Waals surface area contributed by atoms with Gasteiger partial charge in [-0.3, -0.25) is 4.79 Å². The topological polar surface area (TPSA) is 99.5 Å². The van der Waals surface area contributed by atoms with Gasteiger partial charge in [-0.05, 0) is 48.4 Å². The second kappa shape index (κ2) is 9.07. The highest BCUT2D eigenvalue weighted by atomic mass is 32.2. The molecular formula is C21H23N3O4S. The molecule has 1 heterocycles. The highest BCUT2D eigenvalue weighted by Crippen LogP contribution is 2.29. The van der Waals surface area contributed by atoms with Crippen LogP contribution in [0.4, 0.5) is 0 Å². The molecule has 1 fully saturated rings. The van der Waals surface area contributed by atoms with Gasteiger partial charge in [0.2, 0.25) is 10.0 Å². The summed E-state index contributed by atoms with van der Waals surface area (Å²) in [5.41, 5.74) is 1.63. The Morgan fingerprint density at radius 1 is 1.21 bits per heavy atom. The number of ether oxygens (including phenoxy) is 1. The molecule has 1 N–H and O–H groups in total. The van der Waals surface area contributed by atoms with E-state index in [1.54, 1.807) is 12.0 Å². The molecule has 1 unspecified atom stereocenters. The number of nitrogens with one attached hydrogen (secondary N) is 1. The van der Waals surface area contributed by atoms with E-state index in [2.05, 4.69) is 4.72 Å². The van der Waals surface area contributed by atoms with Gasteiger partial charge >= 0.3 is 0 Å². The smallest absolute Gasteiger partial charge is 0.253 e. The van der Waals surface area contributed by atoms with Crippen LogP contribution in [0.3, 0.4) is 0 Å². The van der Waals surface area contributed by atoms with E-state index in [0.717, 1.165) is 12.2 Å². The number of carbonyl (C=O) groups excluding carboxylic acids is 1. The Balaban J connectivity index is 1.64. The molecule has 2 aromatic rings. The standard InChI is InChI=1S/C21H23N3O4S/c1-28-19-7-3-16(4-8-19)18-11-14-24(15-18)21(25)17-5-9-20(10-6-17)29(26,27)23-13-2-12-22/h3-10,18,23H,2,11,13-15H2,1H3. The van der Waals surface area contributed by atoms with E-state index < -0.39 is 10.0 Å². The largest absolute Gasteiger partial charge is 0.497 e. The Morgan fingerprint density at radius 2 is 1.90 bits per heavy atom. The fraction of sp³-hybridized carbons (Fsp3) is 0.333. The molecule has 8 heteroatoms. The number of nitrogens with zero attached hydrogens (tertiary/aromatic N) is 2. The minimum absolute atomic E-state index is 0.0556. The summed E-state index contributed by atoms with van der Waals surface area (Å²) < 4.78 is 31.9. The van der Waals surface area contributed by atoms with Crippen LogP contribution in [-0.4, -0.2) is 46.0 Å². The summed E-state index contributed by atoms with van der Waals surface area (Å²) in [4.78, 5) is 14.7. The molecule has 29 heavy (non-hydrogen) atoms. The van der Waals surface area contributed by atoms with Gasteiger partial charge in [0.25, 0.3) is 5.91 Å².